The lowest BCUT2D eigenvalue weighted by molar-refractivity contribution is -0.00996. The minimum absolute atomic E-state index is 0.504. The third kappa shape index (κ3) is 1.54. The van der Waals surface area contributed by atoms with Gasteiger partial charge < -0.3 is 10.4 Å². The van der Waals surface area contributed by atoms with Crippen LogP contribution in [0.3, 0.4) is 0 Å². The van der Waals surface area contributed by atoms with Gasteiger partial charge in [-0.3, -0.25) is 0 Å². The van der Waals surface area contributed by atoms with E-state index in [1.807, 2.05) is 0 Å². The Labute approximate surface area is 111 Å². The lowest BCUT2D eigenvalue weighted by Gasteiger charge is -2.37. The molecule has 0 saturated carbocycles. The largest absolute Gasteiger partial charge is 0.385 e. The van der Waals surface area contributed by atoms with Gasteiger partial charge in [0.2, 0.25) is 0 Å². The minimum atomic E-state index is -0.624. The van der Waals surface area contributed by atoms with Gasteiger partial charge in [0.15, 0.2) is 0 Å². The molecule has 2 aromatic rings. The number of nitrogens with one attached hydrogen (secondary N) is 1. The van der Waals surface area contributed by atoms with Gasteiger partial charge in [-0.15, -0.1) is 11.3 Å². The van der Waals surface area contributed by atoms with Crippen LogP contribution < -0.4 is 5.32 Å². The first-order valence-corrected chi connectivity index (χ1v) is 7.58. The Hall–Kier alpha value is -0.900. The second-order valence-electron chi connectivity index (χ2n) is 5.72. The number of thiophene rings is 1. The molecule has 2 aliphatic heterocycles. The van der Waals surface area contributed by atoms with E-state index < -0.39 is 5.60 Å². The summed E-state index contributed by atoms with van der Waals surface area (Å²) in [7, 11) is 0. The maximum Gasteiger partial charge on any atom is 0.0940 e. The zero-order chi connectivity index (χ0) is 12.2. The van der Waals surface area contributed by atoms with Crippen molar-refractivity contribution in [2.24, 2.45) is 0 Å². The molecule has 94 valence electrons. The first kappa shape index (κ1) is 11.0. The predicted octanol–water partition coefficient (Wildman–Crippen LogP) is 3.00. The third-order valence-electron chi connectivity index (χ3n) is 4.48. The van der Waals surface area contributed by atoms with Crippen molar-refractivity contribution < 1.29 is 5.11 Å². The molecular weight excluding hydrogens is 242 g/mol. The molecule has 2 saturated heterocycles. The van der Waals surface area contributed by atoms with Crippen LogP contribution in [0.15, 0.2) is 29.6 Å². The molecule has 2 aliphatic rings. The standard InChI is InChI=1S/C15H17NOS/c17-15(8-11-4-5-12(9-15)16-11)13-3-1-2-10-6-7-18-14(10)13/h1-3,6-7,11-12,16-17H,4-5,8-9H2. The molecule has 2 nitrogen and oxygen atoms in total. The second kappa shape index (κ2) is 3.80. The van der Waals surface area contributed by atoms with Gasteiger partial charge in [-0.05, 0) is 42.5 Å². The fourth-order valence-corrected chi connectivity index (χ4v) is 4.71. The van der Waals surface area contributed by atoms with Gasteiger partial charge in [0, 0.05) is 22.3 Å². The summed E-state index contributed by atoms with van der Waals surface area (Å²) >= 11 is 1.75. The van der Waals surface area contributed by atoms with Gasteiger partial charge in [0.05, 0.1) is 5.60 Å². The van der Waals surface area contributed by atoms with E-state index >= 15 is 0 Å². The van der Waals surface area contributed by atoms with Crippen LogP contribution in [0.2, 0.25) is 0 Å². The number of aliphatic hydroxyl groups is 1. The Bertz CT molecular complexity index is 579. The molecule has 4 rings (SSSR count). The molecular formula is C15H17NOS. The van der Waals surface area contributed by atoms with Crippen LogP contribution in [-0.4, -0.2) is 17.2 Å². The molecule has 3 heterocycles. The Morgan fingerprint density at radius 2 is 1.94 bits per heavy atom. The molecule has 2 N–H and O–H groups in total. The quantitative estimate of drug-likeness (QED) is 0.825. The summed E-state index contributed by atoms with van der Waals surface area (Å²) in [5, 5.41) is 18.1. The van der Waals surface area contributed by atoms with Crippen molar-refractivity contribution in [3.8, 4) is 0 Å². The van der Waals surface area contributed by atoms with E-state index in [-0.39, 0.29) is 0 Å². The highest BCUT2D eigenvalue weighted by Crippen LogP contribution is 2.43. The van der Waals surface area contributed by atoms with E-state index in [2.05, 4.69) is 35.0 Å². The Morgan fingerprint density at radius 1 is 1.17 bits per heavy atom. The molecule has 18 heavy (non-hydrogen) atoms. The summed E-state index contributed by atoms with van der Waals surface area (Å²) in [6, 6.07) is 9.47. The van der Waals surface area contributed by atoms with Crippen molar-refractivity contribution in [1.82, 2.24) is 5.32 Å². The van der Waals surface area contributed by atoms with E-state index in [1.54, 1.807) is 11.3 Å². The highest BCUT2D eigenvalue weighted by atomic mass is 32.1. The lowest BCUT2D eigenvalue weighted by Crippen LogP contribution is -2.46. The monoisotopic (exact) mass is 259 g/mol. The summed E-state index contributed by atoms with van der Waals surface area (Å²) in [6.45, 7) is 0. The van der Waals surface area contributed by atoms with Crippen molar-refractivity contribution in [2.45, 2.75) is 43.4 Å². The van der Waals surface area contributed by atoms with Gasteiger partial charge in [-0.25, -0.2) is 0 Å². The second-order valence-corrected chi connectivity index (χ2v) is 6.64. The molecule has 0 amide bonds. The van der Waals surface area contributed by atoms with Crippen molar-refractivity contribution in [3.63, 3.8) is 0 Å². The number of rotatable bonds is 1. The van der Waals surface area contributed by atoms with Crippen LogP contribution in [0, 0.1) is 0 Å². The molecule has 2 atom stereocenters. The Morgan fingerprint density at radius 3 is 2.72 bits per heavy atom. The van der Waals surface area contributed by atoms with Crippen LogP contribution >= 0.6 is 11.3 Å². The van der Waals surface area contributed by atoms with E-state index in [4.69, 9.17) is 0 Å². The molecule has 2 fully saturated rings. The predicted molar refractivity (Wildman–Crippen MR) is 74.9 cm³/mol. The molecule has 3 heteroatoms. The summed E-state index contributed by atoms with van der Waals surface area (Å²) in [4.78, 5) is 0. The highest BCUT2D eigenvalue weighted by Gasteiger charge is 2.44. The van der Waals surface area contributed by atoms with Crippen molar-refractivity contribution >= 4 is 21.4 Å². The third-order valence-corrected chi connectivity index (χ3v) is 5.45. The molecule has 0 radical (unpaired) electrons. The fraction of sp³-hybridized carbons (Fsp3) is 0.467. The highest BCUT2D eigenvalue weighted by molar-refractivity contribution is 7.17. The van der Waals surface area contributed by atoms with Crippen molar-refractivity contribution in [1.29, 1.82) is 0 Å². The van der Waals surface area contributed by atoms with Gasteiger partial charge in [0.25, 0.3) is 0 Å². The normalized spacial score (nSPS) is 35.2. The summed E-state index contributed by atoms with van der Waals surface area (Å²) in [6.07, 6.45) is 4.15. The van der Waals surface area contributed by atoms with Gasteiger partial charge >= 0.3 is 0 Å². The minimum Gasteiger partial charge on any atom is -0.385 e. The molecule has 1 aromatic heterocycles. The average molecular weight is 259 g/mol. The van der Waals surface area contributed by atoms with E-state index in [9.17, 15) is 5.11 Å². The fourth-order valence-electron chi connectivity index (χ4n) is 3.70. The van der Waals surface area contributed by atoms with Crippen LogP contribution in [0.1, 0.15) is 31.2 Å². The molecule has 0 spiro atoms. The zero-order valence-corrected chi connectivity index (χ0v) is 11.0. The van der Waals surface area contributed by atoms with Crippen molar-refractivity contribution in [3.05, 3.63) is 35.2 Å². The first-order chi connectivity index (χ1) is 8.74. The number of piperidine rings is 1. The summed E-state index contributed by atoms with van der Waals surface area (Å²) in [5.41, 5.74) is 0.523. The lowest BCUT2D eigenvalue weighted by atomic mass is 9.81. The van der Waals surface area contributed by atoms with E-state index in [1.165, 1.54) is 22.9 Å². The Balaban J connectivity index is 1.84. The average Bonchev–Trinajstić information content (AvgIpc) is 2.95. The summed E-state index contributed by atoms with van der Waals surface area (Å²) < 4.78 is 1.27. The molecule has 2 unspecified atom stereocenters. The number of benzene rings is 1. The molecule has 1 aromatic carbocycles. The maximum atomic E-state index is 11.1. The molecule has 2 bridgehead atoms. The zero-order valence-electron chi connectivity index (χ0n) is 10.2. The first-order valence-electron chi connectivity index (χ1n) is 6.70. The van der Waals surface area contributed by atoms with Gasteiger partial charge in [0.1, 0.15) is 0 Å². The smallest absolute Gasteiger partial charge is 0.0940 e. The Kier molecular flexibility index (Phi) is 2.31. The number of hydrogen-bond donors (Lipinski definition) is 2. The van der Waals surface area contributed by atoms with Crippen molar-refractivity contribution in [2.75, 3.05) is 0 Å². The van der Waals surface area contributed by atoms with Gasteiger partial charge in [-0.2, -0.15) is 0 Å². The van der Waals surface area contributed by atoms with E-state index in [0.29, 0.717) is 12.1 Å². The number of hydrogen-bond acceptors (Lipinski definition) is 3. The van der Waals surface area contributed by atoms with Crippen LogP contribution in [0.25, 0.3) is 10.1 Å². The van der Waals surface area contributed by atoms with Crippen LogP contribution in [0.4, 0.5) is 0 Å². The van der Waals surface area contributed by atoms with Gasteiger partial charge in [-0.1, -0.05) is 18.2 Å². The van der Waals surface area contributed by atoms with Crippen LogP contribution in [-0.2, 0) is 5.60 Å². The SMILES string of the molecule is OC1(c2cccc3ccsc23)CC2CCC(C1)N2. The topological polar surface area (TPSA) is 32.3 Å². The molecule has 0 aliphatic carbocycles. The number of fused-ring (bicyclic) bond motifs is 3. The van der Waals surface area contributed by atoms with Crippen LogP contribution in [0.5, 0.6) is 0 Å². The van der Waals surface area contributed by atoms with E-state index in [0.717, 1.165) is 18.4 Å². The maximum absolute atomic E-state index is 11.1. The summed E-state index contributed by atoms with van der Waals surface area (Å²) in [5.74, 6) is 0.